The first kappa shape index (κ1) is 86.3. The summed E-state index contributed by atoms with van der Waals surface area (Å²) in [6, 6.07) is 0. The lowest BCUT2D eigenvalue weighted by Crippen LogP contribution is -2.28. The van der Waals surface area contributed by atoms with Gasteiger partial charge < -0.3 is 14.6 Å². The van der Waals surface area contributed by atoms with Crippen LogP contribution in [0.4, 0.5) is 0 Å². The summed E-state index contributed by atoms with van der Waals surface area (Å²) in [4.78, 5) is 24.7. The van der Waals surface area contributed by atoms with Gasteiger partial charge in [0.2, 0.25) is 0 Å². The maximum absolute atomic E-state index is 12.4. The van der Waals surface area contributed by atoms with Gasteiger partial charge in [0.05, 0.1) is 6.61 Å². The SMILES string of the molecule is CC/C=C\C/C=C\C/C=C\C/C=C\C/C=C\C/C=C\C/C=C\C/C=C\CCCCCCCCCCCCCCC(=O)OC(CO)COC(=O)CCCCCCCCCCCCCCCCCCCCCCCCCCCCC/C=C\C/C=C\CCCCCCC. The van der Waals surface area contributed by atoms with Crippen molar-refractivity contribution in [3.8, 4) is 0 Å². The van der Waals surface area contributed by atoms with Crippen molar-refractivity contribution in [1.29, 1.82) is 0 Å². The monoisotopic (exact) mass is 1250 g/mol. The summed E-state index contributed by atoms with van der Waals surface area (Å²) in [5.74, 6) is -0.580. The number of carbonyl (C=O) groups is 2. The Morgan fingerprint density at radius 3 is 0.722 bits per heavy atom. The van der Waals surface area contributed by atoms with E-state index >= 15 is 0 Å². The summed E-state index contributed by atoms with van der Waals surface area (Å²) in [7, 11) is 0. The molecule has 5 heteroatoms. The standard InChI is InChI=1S/C85H148O5/c1-3-5-7-9-11-13-15-17-19-21-23-25-27-29-31-33-35-37-39-41-42-44-45-47-49-51-53-55-57-59-61-63-65-67-69-71-73-75-77-79-84(87)89-82-83(81-86)90-85(88)80-78-76-74-72-70-68-66-64-62-60-58-56-54-52-50-48-46-43-40-38-36-34-32-30-28-26-24-22-20-18-16-14-12-10-8-6-4-2/h6,8,12,14-15,17-18,20-21,23-24,26,30,32,36,38,43,46,50,52,83,86H,3-5,7,9-11,13,16,19,22,25,27-29,31,33-35,37,39-42,44-45,47-49,51,53-82H2,1-2H3/b8-6-,14-12-,17-15-,20-18-,23-21-,26-24-,32-30-,38-36-,46-43-,52-50-. The van der Waals surface area contributed by atoms with Gasteiger partial charge in [0.1, 0.15) is 6.61 Å². The topological polar surface area (TPSA) is 72.8 Å². The van der Waals surface area contributed by atoms with Gasteiger partial charge in [0, 0.05) is 12.8 Å². The Kier molecular flexibility index (Phi) is 76.3. The van der Waals surface area contributed by atoms with Crippen LogP contribution in [0.25, 0.3) is 0 Å². The first-order chi connectivity index (χ1) is 44.6. The number of ether oxygens (including phenoxy) is 2. The Balaban J connectivity index is 3.44. The minimum absolute atomic E-state index is 0.0672. The van der Waals surface area contributed by atoms with Crippen LogP contribution < -0.4 is 0 Å². The molecule has 1 N–H and O–H groups in total. The number of aliphatic hydroxyl groups is 1. The molecular weight excluding hydrogens is 1100 g/mol. The number of allylic oxidation sites excluding steroid dienone is 20. The molecule has 0 aliphatic carbocycles. The maximum atomic E-state index is 12.4. The molecule has 0 aromatic carbocycles. The highest BCUT2D eigenvalue weighted by Crippen LogP contribution is 2.19. The summed E-state index contributed by atoms with van der Waals surface area (Å²) in [5, 5.41) is 9.73. The largest absolute Gasteiger partial charge is 0.462 e. The van der Waals surface area contributed by atoms with Crippen LogP contribution in [0.1, 0.15) is 386 Å². The van der Waals surface area contributed by atoms with E-state index in [9.17, 15) is 14.7 Å². The molecule has 0 rings (SSSR count). The third kappa shape index (κ3) is 76.8. The van der Waals surface area contributed by atoms with Gasteiger partial charge in [-0.25, -0.2) is 0 Å². The molecule has 1 atom stereocenters. The average molecular weight is 1250 g/mol. The number of hydrogen-bond acceptors (Lipinski definition) is 5. The van der Waals surface area contributed by atoms with E-state index in [0.717, 1.165) is 96.3 Å². The molecule has 0 aromatic rings. The van der Waals surface area contributed by atoms with Crippen LogP contribution in [0, 0.1) is 0 Å². The number of aliphatic hydroxyl groups excluding tert-OH is 1. The molecule has 0 saturated heterocycles. The fourth-order valence-corrected chi connectivity index (χ4v) is 11.4. The molecule has 0 bridgehead atoms. The Labute approximate surface area is 560 Å². The second-order valence-electron chi connectivity index (χ2n) is 26.1. The van der Waals surface area contributed by atoms with Gasteiger partial charge >= 0.3 is 11.9 Å². The molecule has 0 aliphatic rings. The molecule has 0 aromatic heterocycles. The lowest BCUT2D eigenvalue weighted by molar-refractivity contribution is -0.161. The summed E-state index contributed by atoms with van der Waals surface area (Å²) in [6.07, 6.45) is 117. The summed E-state index contributed by atoms with van der Waals surface area (Å²) < 4.78 is 10.8. The van der Waals surface area contributed by atoms with E-state index in [1.165, 1.54) is 263 Å². The first-order valence-electron chi connectivity index (χ1n) is 39.1. The van der Waals surface area contributed by atoms with Gasteiger partial charge in [-0.15, -0.1) is 0 Å². The van der Waals surface area contributed by atoms with Crippen LogP contribution in [0.2, 0.25) is 0 Å². The van der Waals surface area contributed by atoms with E-state index in [2.05, 4.69) is 135 Å². The van der Waals surface area contributed by atoms with Gasteiger partial charge in [0.15, 0.2) is 6.10 Å². The maximum Gasteiger partial charge on any atom is 0.306 e. The molecule has 0 amide bonds. The highest BCUT2D eigenvalue weighted by Gasteiger charge is 2.16. The van der Waals surface area contributed by atoms with Crippen LogP contribution in [-0.2, 0) is 19.1 Å². The van der Waals surface area contributed by atoms with Crippen LogP contribution >= 0.6 is 0 Å². The van der Waals surface area contributed by atoms with Crippen LogP contribution in [-0.4, -0.2) is 36.4 Å². The predicted molar refractivity (Wildman–Crippen MR) is 398 cm³/mol. The summed E-state index contributed by atoms with van der Waals surface area (Å²) >= 11 is 0. The van der Waals surface area contributed by atoms with E-state index in [1.54, 1.807) is 0 Å². The zero-order valence-corrected chi connectivity index (χ0v) is 59.6. The van der Waals surface area contributed by atoms with Gasteiger partial charge in [-0.3, -0.25) is 9.59 Å². The first-order valence-corrected chi connectivity index (χ1v) is 39.1. The van der Waals surface area contributed by atoms with E-state index in [-0.39, 0.29) is 25.2 Å². The molecule has 0 aliphatic heterocycles. The van der Waals surface area contributed by atoms with Crippen molar-refractivity contribution >= 4 is 11.9 Å². The van der Waals surface area contributed by atoms with Gasteiger partial charge in [-0.1, -0.05) is 386 Å². The lowest BCUT2D eigenvalue weighted by Gasteiger charge is -2.15. The van der Waals surface area contributed by atoms with Gasteiger partial charge in [-0.2, -0.15) is 0 Å². The molecule has 90 heavy (non-hydrogen) atoms. The second kappa shape index (κ2) is 79.5. The minimum Gasteiger partial charge on any atom is -0.462 e. The third-order valence-corrected chi connectivity index (χ3v) is 17.2. The summed E-state index contributed by atoms with van der Waals surface area (Å²) in [5.41, 5.74) is 0. The lowest BCUT2D eigenvalue weighted by atomic mass is 10.0. The molecule has 0 heterocycles. The summed E-state index contributed by atoms with van der Waals surface area (Å²) in [6.45, 7) is 4.05. The van der Waals surface area contributed by atoms with Crippen molar-refractivity contribution in [2.24, 2.45) is 0 Å². The molecule has 1 unspecified atom stereocenters. The quantitative estimate of drug-likeness (QED) is 0.0373. The Morgan fingerprint density at radius 1 is 0.267 bits per heavy atom. The molecular formula is C85H148O5. The van der Waals surface area contributed by atoms with Crippen molar-refractivity contribution in [1.82, 2.24) is 0 Å². The molecule has 518 valence electrons. The number of hydrogen-bond donors (Lipinski definition) is 1. The number of rotatable bonds is 72. The molecule has 0 spiro atoms. The zero-order chi connectivity index (χ0) is 64.7. The van der Waals surface area contributed by atoms with E-state index in [1.807, 2.05) is 0 Å². The third-order valence-electron chi connectivity index (χ3n) is 17.2. The average Bonchev–Trinajstić information content (AvgIpc) is 3.62. The number of esters is 2. The van der Waals surface area contributed by atoms with Crippen molar-refractivity contribution in [2.75, 3.05) is 13.2 Å². The van der Waals surface area contributed by atoms with Crippen molar-refractivity contribution in [2.45, 2.75) is 392 Å². The fourth-order valence-electron chi connectivity index (χ4n) is 11.4. The highest BCUT2D eigenvalue weighted by molar-refractivity contribution is 5.70. The minimum atomic E-state index is -0.780. The Bertz CT molecular complexity index is 1750. The van der Waals surface area contributed by atoms with Crippen LogP contribution in [0.15, 0.2) is 122 Å². The molecule has 0 saturated carbocycles. The Hall–Kier alpha value is -3.70. The molecule has 5 nitrogen and oxygen atoms in total. The van der Waals surface area contributed by atoms with E-state index < -0.39 is 6.10 Å². The molecule has 0 fully saturated rings. The second-order valence-corrected chi connectivity index (χ2v) is 26.1. The predicted octanol–water partition coefficient (Wildman–Crippen LogP) is 27.7. The van der Waals surface area contributed by atoms with Crippen molar-refractivity contribution in [3.05, 3.63) is 122 Å². The normalized spacial score (nSPS) is 12.9. The van der Waals surface area contributed by atoms with Crippen molar-refractivity contribution in [3.63, 3.8) is 0 Å². The van der Waals surface area contributed by atoms with Crippen LogP contribution in [0.3, 0.4) is 0 Å². The Morgan fingerprint density at radius 2 is 0.478 bits per heavy atom. The van der Waals surface area contributed by atoms with Gasteiger partial charge in [-0.05, 0) is 109 Å². The van der Waals surface area contributed by atoms with Crippen LogP contribution in [0.5, 0.6) is 0 Å². The fraction of sp³-hybridized carbons (Fsp3) is 0.741. The van der Waals surface area contributed by atoms with E-state index in [0.29, 0.717) is 12.8 Å². The number of unbranched alkanes of at least 4 members (excludes halogenated alkanes) is 44. The molecule has 0 radical (unpaired) electrons. The zero-order valence-electron chi connectivity index (χ0n) is 59.6. The van der Waals surface area contributed by atoms with E-state index in [4.69, 9.17) is 9.47 Å². The highest BCUT2D eigenvalue weighted by atomic mass is 16.6. The van der Waals surface area contributed by atoms with Crippen molar-refractivity contribution < 1.29 is 24.2 Å². The van der Waals surface area contributed by atoms with Gasteiger partial charge in [0.25, 0.3) is 0 Å². The number of carbonyl (C=O) groups excluding carboxylic acids is 2. The smallest absolute Gasteiger partial charge is 0.306 e.